The minimum absolute atomic E-state index is 0.394. The number of aromatic amines is 1. The first kappa shape index (κ1) is 10.0. The lowest BCUT2D eigenvalue weighted by atomic mass is 10.1. The first-order chi connectivity index (χ1) is 8.23. The van der Waals surface area contributed by atoms with Gasteiger partial charge >= 0.3 is 0 Å². The predicted molar refractivity (Wildman–Crippen MR) is 63.1 cm³/mol. The fourth-order valence-corrected chi connectivity index (χ4v) is 1.92. The molecule has 1 aromatic carbocycles. The highest BCUT2D eigenvalue weighted by atomic mass is 15.2. The summed E-state index contributed by atoms with van der Waals surface area (Å²) in [5, 5.41) is 16.2. The molecule has 17 heavy (non-hydrogen) atoms. The summed E-state index contributed by atoms with van der Waals surface area (Å²) in [7, 11) is 0. The molecule has 0 radical (unpaired) electrons. The van der Waals surface area contributed by atoms with Crippen molar-refractivity contribution in [1.29, 1.82) is 5.26 Å². The Hall–Kier alpha value is -2.15. The van der Waals surface area contributed by atoms with Crippen molar-refractivity contribution in [2.75, 3.05) is 0 Å². The summed E-state index contributed by atoms with van der Waals surface area (Å²) < 4.78 is 0. The number of nitrogens with zero attached hydrogens (tertiary/aromatic N) is 3. The van der Waals surface area contributed by atoms with Crippen LogP contribution in [0.5, 0.6) is 0 Å². The largest absolute Gasteiger partial charge is 0.261 e. The van der Waals surface area contributed by atoms with Gasteiger partial charge in [0, 0.05) is 5.56 Å². The highest BCUT2D eigenvalue weighted by Gasteiger charge is 2.48. The van der Waals surface area contributed by atoms with Gasteiger partial charge in [-0.25, -0.2) is 4.98 Å². The van der Waals surface area contributed by atoms with E-state index in [9.17, 15) is 0 Å². The van der Waals surface area contributed by atoms with E-state index < -0.39 is 5.41 Å². The fraction of sp³-hybridized carbons (Fsp3) is 0.308. The van der Waals surface area contributed by atoms with Gasteiger partial charge in [-0.3, -0.25) is 5.10 Å². The molecule has 84 valence electrons. The van der Waals surface area contributed by atoms with E-state index in [1.807, 2.05) is 31.2 Å². The van der Waals surface area contributed by atoms with Crippen LogP contribution in [-0.2, 0) is 5.41 Å². The van der Waals surface area contributed by atoms with Crippen LogP contribution in [0.25, 0.3) is 11.4 Å². The summed E-state index contributed by atoms with van der Waals surface area (Å²) in [6, 6.07) is 10.4. The molecule has 1 saturated carbocycles. The summed E-state index contributed by atoms with van der Waals surface area (Å²) in [5.41, 5.74) is 1.77. The van der Waals surface area contributed by atoms with Gasteiger partial charge in [-0.2, -0.15) is 10.4 Å². The minimum Gasteiger partial charge on any atom is -0.261 e. The van der Waals surface area contributed by atoms with Crippen LogP contribution in [0.15, 0.2) is 24.3 Å². The van der Waals surface area contributed by atoms with Crippen LogP contribution in [0.3, 0.4) is 0 Å². The van der Waals surface area contributed by atoms with E-state index in [4.69, 9.17) is 5.26 Å². The van der Waals surface area contributed by atoms with E-state index in [0.717, 1.165) is 18.4 Å². The van der Waals surface area contributed by atoms with Crippen LogP contribution >= 0.6 is 0 Å². The minimum atomic E-state index is -0.394. The standard InChI is InChI=1S/C13H12N4/c1-9-3-2-4-10(7-9)11-15-12(17-16-11)13(8-14)5-6-13/h2-4,7H,5-6H2,1H3,(H,15,16,17). The van der Waals surface area contributed by atoms with Gasteiger partial charge in [-0.15, -0.1) is 0 Å². The molecule has 1 aliphatic rings. The number of rotatable bonds is 2. The molecule has 1 aromatic heterocycles. The van der Waals surface area contributed by atoms with Gasteiger partial charge in [0.15, 0.2) is 5.82 Å². The van der Waals surface area contributed by atoms with E-state index in [0.29, 0.717) is 11.6 Å². The fourth-order valence-electron chi connectivity index (χ4n) is 1.92. The van der Waals surface area contributed by atoms with Crippen LogP contribution in [0, 0.1) is 18.3 Å². The number of H-pyrrole nitrogens is 1. The maximum Gasteiger partial charge on any atom is 0.181 e. The molecule has 1 N–H and O–H groups in total. The molecule has 0 saturated heterocycles. The second-order valence-corrected chi connectivity index (χ2v) is 4.57. The Labute approximate surface area is 99.3 Å². The van der Waals surface area contributed by atoms with Crippen LogP contribution < -0.4 is 0 Å². The number of aryl methyl sites for hydroxylation is 1. The van der Waals surface area contributed by atoms with Gasteiger partial charge < -0.3 is 0 Å². The van der Waals surface area contributed by atoms with Crippen LogP contribution in [-0.4, -0.2) is 15.2 Å². The molecule has 0 amide bonds. The molecule has 0 spiro atoms. The zero-order valence-electron chi connectivity index (χ0n) is 9.57. The maximum absolute atomic E-state index is 9.10. The Balaban J connectivity index is 1.99. The first-order valence-corrected chi connectivity index (χ1v) is 5.65. The molecule has 0 aliphatic heterocycles. The van der Waals surface area contributed by atoms with Crippen molar-refractivity contribution >= 4 is 0 Å². The average molecular weight is 224 g/mol. The van der Waals surface area contributed by atoms with Crippen molar-refractivity contribution in [1.82, 2.24) is 15.2 Å². The van der Waals surface area contributed by atoms with Crippen LogP contribution in [0.1, 0.15) is 24.2 Å². The zero-order valence-corrected chi connectivity index (χ0v) is 9.57. The van der Waals surface area contributed by atoms with Crippen molar-refractivity contribution in [3.8, 4) is 17.5 Å². The molecule has 0 atom stereocenters. The summed E-state index contributed by atoms with van der Waals surface area (Å²) in [6.45, 7) is 2.04. The Bertz CT molecular complexity index is 602. The smallest absolute Gasteiger partial charge is 0.181 e. The molecular formula is C13H12N4. The first-order valence-electron chi connectivity index (χ1n) is 5.65. The molecule has 1 aliphatic carbocycles. The van der Waals surface area contributed by atoms with Crippen molar-refractivity contribution in [3.05, 3.63) is 35.7 Å². The van der Waals surface area contributed by atoms with E-state index in [-0.39, 0.29) is 0 Å². The molecule has 0 bridgehead atoms. The molecule has 1 fully saturated rings. The predicted octanol–water partition coefficient (Wildman–Crippen LogP) is 2.34. The SMILES string of the molecule is Cc1cccc(-c2n[nH]c(C3(C#N)CC3)n2)c1. The van der Waals surface area contributed by atoms with Crippen molar-refractivity contribution in [3.63, 3.8) is 0 Å². The van der Waals surface area contributed by atoms with Crippen LogP contribution in [0.2, 0.25) is 0 Å². The molecule has 1 heterocycles. The highest BCUT2D eigenvalue weighted by molar-refractivity contribution is 5.56. The third-order valence-electron chi connectivity index (χ3n) is 3.18. The Kier molecular flexibility index (Phi) is 2.02. The summed E-state index contributed by atoms with van der Waals surface area (Å²) in [5.74, 6) is 1.38. The number of benzene rings is 1. The van der Waals surface area contributed by atoms with E-state index >= 15 is 0 Å². The maximum atomic E-state index is 9.10. The Morgan fingerprint density at radius 2 is 2.24 bits per heavy atom. The number of nitrogens with one attached hydrogen (secondary N) is 1. The highest BCUT2D eigenvalue weighted by Crippen LogP contribution is 2.46. The monoisotopic (exact) mass is 224 g/mol. The van der Waals surface area contributed by atoms with E-state index in [1.54, 1.807) is 0 Å². The van der Waals surface area contributed by atoms with Gasteiger partial charge in [0.2, 0.25) is 0 Å². The number of nitriles is 1. The van der Waals surface area contributed by atoms with Crippen molar-refractivity contribution < 1.29 is 0 Å². The second kappa shape index (κ2) is 3.42. The lowest BCUT2D eigenvalue weighted by molar-refractivity contribution is 0.804. The average Bonchev–Trinajstić information content (AvgIpc) is 2.99. The summed E-state index contributed by atoms with van der Waals surface area (Å²) in [4.78, 5) is 4.44. The van der Waals surface area contributed by atoms with E-state index in [1.165, 1.54) is 5.56 Å². The van der Waals surface area contributed by atoms with Gasteiger partial charge in [-0.1, -0.05) is 23.8 Å². The Morgan fingerprint density at radius 3 is 2.88 bits per heavy atom. The molecule has 0 unspecified atom stereocenters. The van der Waals surface area contributed by atoms with Gasteiger partial charge in [0.25, 0.3) is 0 Å². The molecular weight excluding hydrogens is 212 g/mol. The molecule has 2 aromatic rings. The quantitative estimate of drug-likeness (QED) is 0.851. The number of hydrogen-bond acceptors (Lipinski definition) is 3. The molecule has 3 rings (SSSR count). The third kappa shape index (κ3) is 1.60. The van der Waals surface area contributed by atoms with Gasteiger partial charge in [0.1, 0.15) is 11.2 Å². The lowest BCUT2D eigenvalue weighted by Gasteiger charge is -1.98. The van der Waals surface area contributed by atoms with Crippen LogP contribution in [0.4, 0.5) is 0 Å². The zero-order chi connectivity index (χ0) is 11.9. The third-order valence-corrected chi connectivity index (χ3v) is 3.18. The van der Waals surface area contributed by atoms with Gasteiger partial charge in [0.05, 0.1) is 6.07 Å². The Morgan fingerprint density at radius 1 is 1.41 bits per heavy atom. The number of hydrogen-bond donors (Lipinski definition) is 1. The van der Waals surface area contributed by atoms with Crippen molar-refractivity contribution in [2.45, 2.75) is 25.2 Å². The molecule has 4 nitrogen and oxygen atoms in total. The lowest BCUT2D eigenvalue weighted by Crippen LogP contribution is -2.04. The van der Waals surface area contributed by atoms with Gasteiger partial charge in [-0.05, 0) is 25.8 Å². The summed E-state index contributed by atoms with van der Waals surface area (Å²) in [6.07, 6.45) is 1.76. The second-order valence-electron chi connectivity index (χ2n) is 4.57. The number of aromatic nitrogens is 3. The molecule has 4 heteroatoms. The summed E-state index contributed by atoms with van der Waals surface area (Å²) >= 11 is 0. The topological polar surface area (TPSA) is 65.4 Å². The normalized spacial score (nSPS) is 16.5. The van der Waals surface area contributed by atoms with E-state index in [2.05, 4.69) is 21.3 Å². The van der Waals surface area contributed by atoms with Crippen molar-refractivity contribution in [2.24, 2.45) is 0 Å².